The van der Waals surface area contributed by atoms with Crippen molar-refractivity contribution in [3.8, 4) is 0 Å². The Morgan fingerprint density at radius 2 is 1.64 bits per heavy atom. The number of rotatable bonds is 6. The smallest absolute Gasteiger partial charge is 0.230 e. The predicted octanol–water partition coefficient (Wildman–Crippen LogP) is 4.37. The van der Waals surface area contributed by atoms with Gasteiger partial charge in [0, 0.05) is 12.6 Å². The van der Waals surface area contributed by atoms with Gasteiger partial charge in [0.15, 0.2) is 0 Å². The second-order valence-corrected chi connectivity index (χ2v) is 6.05. The van der Waals surface area contributed by atoms with Crippen molar-refractivity contribution in [2.45, 2.75) is 44.7 Å². The van der Waals surface area contributed by atoms with Crippen molar-refractivity contribution >= 4 is 5.91 Å². The fourth-order valence-electron chi connectivity index (χ4n) is 2.99. The number of amides is 1. The summed E-state index contributed by atoms with van der Waals surface area (Å²) in [6.45, 7) is 2.83. The largest absolute Gasteiger partial charge is 0.335 e. The molecule has 1 fully saturated rings. The maximum atomic E-state index is 13.1. The Bertz CT molecular complexity index is 604. The zero-order chi connectivity index (χ0) is 15.4. The van der Waals surface area contributed by atoms with E-state index in [1.807, 2.05) is 36.4 Å². The first-order valence-corrected chi connectivity index (χ1v) is 8.19. The Morgan fingerprint density at radius 3 is 2.18 bits per heavy atom. The highest BCUT2D eigenvalue weighted by molar-refractivity contribution is 5.84. The number of carbonyl (C=O) groups excluding carboxylic acids is 1. The molecule has 2 heteroatoms. The minimum absolute atomic E-state index is 0.0227. The maximum absolute atomic E-state index is 13.1. The highest BCUT2D eigenvalue weighted by Gasteiger charge is 2.35. The molecule has 0 aliphatic heterocycles. The fourth-order valence-corrected chi connectivity index (χ4v) is 2.99. The first-order chi connectivity index (χ1) is 10.8. The highest BCUT2D eigenvalue weighted by atomic mass is 16.2. The molecule has 2 nitrogen and oxygen atoms in total. The summed E-state index contributed by atoms with van der Waals surface area (Å²) in [7, 11) is 0. The summed E-state index contributed by atoms with van der Waals surface area (Å²) in [5.74, 6) is 0.255. The number of benzene rings is 2. The lowest BCUT2D eigenvalue weighted by atomic mass is 9.94. The molecule has 1 amide bonds. The molecule has 22 heavy (non-hydrogen) atoms. The molecule has 0 saturated heterocycles. The van der Waals surface area contributed by atoms with E-state index in [9.17, 15) is 4.79 Å². The molecule has 0 N–H and O–H groups in total. The highest BCUT2D eigenvalue weighted by Crippen LogP contribution is 2.32. The van der Waals surface area contributed by atoms with Crippen LogP contribution in [0.15, 0.2) is 60.7 Å². The SMILES string of the molecule is CCC(C(=O)N(Cc1ccccc1)C1CC1)c1ccccc1. The normalized spacial score (nSPS) is 15.3. The summed E-state index contributed by atoms with van der Waals surface area (Å²) in [6, 6.07) is 20.9. The monoisotopic (exact) mass is 293 g/mol. The average molecular weight is 293 g/mol. The van der Waals surface area contributed by atoms with Crippen molar-refractivity contribution in [3.63, 3.8) is 0 Å². The molecule has 3 rings (SSSR count). The van der Waals surface area contributed by atoms with Crippen LogP contribution in [-0.2, 0) is 11.3 Å². The Morgan fingerprint density at radius 1 is 1.05 bits per heavy atom. The first kappa shape index (κ1) is 14.8. The van der Waals surface area contributed by atoms with E-state index in [0.717, 1.165) is 31.4 Å². The van der Waals surface area contributed by atoms with Gasteiger partial charge < -0.3 is 4.90 Å². The van der Waals surface area contributed by atoms with Crippen LogP contribution in [0, 0.1) is 0 Å². The Balaban J connectivity index is 1.80. The molecule has 2 aromatic rings. The molecular formula is C20H23NO. The number of hydrogen-bond acceptors (Lipinski definition) is 1. The topological polar surface area (TPSA) is 20.3 Å². The molecule has 0 spiro atoms. The van der Waals surface area contributed by atoms with Crippen molar-refractivity contribution < 1.29 is 4.79 Å². The van der Waals surface area contributed by atoms with Crippen molar-refractivity contribution in [2.75, 3.05) is 0 Å². The Labute approximate surface area is 132 Å². The van der Waals surface area contributed by atoms with Gasteiger partial charge in [-0.25, -0.2) is 0 Å². The van der Waals surface area contributed by atoms with Crippen molar-refractivity contribution in [3.05, 3.63) is 71.8 Å². The summed E-state index contributed by atoms with van der Waals surface area (Å²) in [4.78, 5) is 15.2. The summed E-state index contributed by atoms with van der Waals surface area (Å²) in [5, 5.41) is 0. The summed E-state index contributed by atoms with van der Waals surface area (Å²) in [5.41, 5.74) is 2.35. The van der Waals surface area contributed by atoms with E-state index >= 15 is 0 Å². The van der Waals surface area contributed by atoms with Gasteiger partial charge >= 0.3 is 0 Å². The second-order valence-electron chi connectivity index (χ2n) is 6.05. The van der Waals surface area contributed by atoms with E-state index in [4.69, 9.17) is 0 Å². The molecule has 0 bridgehead atoms. The van der Waals surface area contributed by atoms with Gasteiger partial charge in [-0.1, -0.05) is 67.6 Å². The number of nitrogens with zero attached hydrogens (tertiary/aromatic N) is 1. The maximum Gasteiger partial charge on any atom is 0.230 e. The second kappa shape index (κ2) is 6.78. The lowest BCUT2D eigenvalue weighted by Gasteiger charge is -2.27. The summed E-state index contributed by atoms with van der Waals surface area (Å²) >= 11 is 0. The van der Waals surface area contributed by atoms with Crippen molar-refractivity contribution in [2.24, 2.45) is 0 Å². The standard InChI is InChI=1S/C20H23NO/c1-2-19(17-11-7-4-8-12-17)20(22)21(18-13-14-18)15-16-9-5-3-6-10-16/h3-12,18-19H,2,13-15H2,1H3. The van der Waals surface area contributed by atoms with Gasteiger partial charge in [-0.15, -0.1) is 0 Å². The average Bonchev–Trinajstić information content (AvgIpc) is 3.40. The zero-order valence-corrected chi connectivity index (χ0v) is 13.1. The van der Waals surface area contributed by atoms with Crippen LogP contribution in [0.4, 0.5) is 0 Å². The van der Waals surface area contributed by atoms with E-state index in [1.165, 1.54) is 5.56 Å². The molecule has 1 aliphatic rings. The molecule has 0 radical (unpaired) electrons. The van der Waals surface area contributed by atoms with Crippen LogP contribution in [0.1, 0.15) is 43.2 Å². The van der Waals surface area contributed by atoms with Gasteiger partial charge in [-0.2, -0.15) is 0 Å². The van der Waals surface area contributed by atoms with Crippen molar-refractivity contribution in [1.29, 1.82) is 0 Å². The van der Waals surface area contributed by atoms with E-state index in [-0.39, 0.29) is 11.8 Å². The molecule has 1 saturated carbocycles. The van der Waals surface area contributed by atoms with E-state index in [1.54, 1.807) is 0 Å². The molecule has 1 atom stereocenters. The van der Waals surface area contributed by atoms with Gasteiger partial charge in [-0.3, -0.25) is 4.79 Å². The van der Waals surface area contributed by atoms with Crippen LogP contribution in [-0.4, -0.2) is 16.8 Å². The molecule has 114 valence electrons. The molecule has 2 aromatic carbocycles. The van der Waals surface area contributed by atoms with E-state index in [0.29, 0.717) is 6.04 Å². The summed E-state index contributed by atoms with van der Waals surface area (Å²) < 4.78 is 0. The van der Waals surface area contributed by atoms with Gasteiger partial charge in [0.1, 0.15) is 0 Å². The van der Waals surface area contributed by atoms with Crippen LogP contribution < -0.4 is 0 Å². The van der Waals surface area contributed by atoms with Gasteiger partial charge in [0.2, 0.25) is 5.91 Å². The lowest BCUT2D eigenvalue weighted by molar-refractivity contribution is -0.134. The van der Waals surface area contributed by atoms with Crippen LogP contribution >= 0.6 is 0 Å². The van der Waals surface area contributed by atoms with E-state index < -0.39 is 0 Å². The van der Waals surface area contributed by atoms with Crippen LogP contribution in [0.3, 0.4) is 0 Å². The number of carbonyl (C=O) groups is 1. The number of hydrogen-bond donors (Lipinski definition) is 0. The lowest BCUT2D eigenvalue weighted by Crippen LogP contribution is -2.36. The van der Waals surface area contributed by atoms with Crippen LogP contribution in [0.5, 0.6) is 0 Å². The van der Waals surface area contributed by atoms with Crippen LogP contribution in [0.2, 0.25) is 0 Å². The first-order valence-electron chi connectivity index (χ1n) is 8.19. The Hall–Kier alpha value is -2.09. The van der Waals surface area contributed by atoms with Gasteiger partial charge in [0.25, 0.3) is 0 Å². The third-order valence-corrected chi connectivity index (χ3v) is 4.37. The van der Waals surface area contributed by atoms with E-state index in [2.05, 4.69) is 36.1 Å². The Kier molecular flexibility index (Phi) is 4.57. The molecule has 0 heterocycles. The van der Waals surface area contributed by atoms with Crippen molar-refractivity contribution in [1.82, 2.24) is 4.90 Å². The van der Waals surface area contributed by atoms with Gasteiger partial charge in [-0.05, 0) is 30.4 Å². The minimum atomic E-state index is -0.0227. The van der Waals surface area contributed by atoms with Crippen LogP contribution in [0.25, 0.3) is 0 Å². The summed E-state index contributed by atoms with van der Waals surface area (Å²) in [6.07, 6.45) is 3.13. The molecule has 1 aliphatic carbocycles. The third-order valence-electron chi connectivity index (χ3n) is 4.37. The molecule has 0 aromatic heterocycles. The minimum Gasteiger partial charge on any atom is -0.335 e. The predicted molar refractivity (Wildman–Crippen MR) is 89.5 cm³/mol. The third kappa shape index (κ3) is 3.38. The van der Waals surface area contributed by atoms with Gasteiger partial charge in [0.05, 0.1) is 5.92 Å². The molecular weight excluding hydrogens is 270 g/mol. The fraction of sp³-hybridized carbons (Fsp3) is 0.350. The molecule has 1 unspecified atom stereocenters. The zero-order valence-electron chi connectivity index (χ0n) is 13.1. The quantitative estimate of drug-likeness (QED) is 0.774.